The van der Waals surface area contributed by atoms with Crippen LogP contribution in [0.4, 0.5) is 11.4 Å². The van der Waals surface area contributed by atoms with Crippen molar-refractivity contribution in [2.45, 2.75) is 38.8 Å². The lowest BCUT2D eigenvalue weighted by atomic mass is 9.98. The van der Waals surface area contributed by atoms with Crippen LogP contribution in [0.2, 0.25) is 0 Å². The van der Waals surface area contributed by atoms with Gasteiger partial charge >= 0.3 is 0 Å². The third-order valence-electron chi connectivity index (χ3n) is 7.49. The Kier molecular flexibility index (Phi) is 10.1. The molecule has 14 heteroatoms. The Balaban J connectivity index is 1.22. The monoisotopic (exact) mass is 626 g/mol. The molecule has 1 aliphatic rings. The highest BCUT2D eigenvalue weighted by Gasteiger charge is 2.39. The van der Waals surface area contributed by atoms with Crippen molar-refractivity contribution in [1.82, 2.24) is 39.8 Å². The van der Waals surface area contributed by atoms with E-state index in [4.69, 9.17) is 0 Å². The van der Waals surface area contributed by atoms with Gasteiger partial charge in [0.15, 0.2) is 11.4 Å². The number of carbonyl (C=O) groups excluding carboxylic acids is 4. The maximum absolute atomic E-state index is 13.5. The van der Waals surface area contributed by atoms with Gasteiger partial charge in [-0.25, -0.2) is 9.36 Å². The molecule has 46 heavy (non-hydrogen) atoms. The molecular weight excluding hydrogens is 588 g/mol. The van der Waals surface area contributed by atoms with Crippen LogP contribution in [0.3, 0.4) is 0 Å². The first kappa shape index (κ1) is 32.3. The smallest absolute Gasteiger partial charge is 0.236 e. The number of nitrogens with one attached hydrogen (secondary N) is 2. The molecule has 0 saturated heterocycles. The van der Waals surface area contributed by atoms with Crippen molar-refractivity contribution in [3.8, 4) is 0 Å². The second-order valence-corrected chi connectivity index (χ2v) is 11.9. The number of aromatic nitrogens is 6. The van der Waals surface area contributed by atoms with E-state index in [1.165, 1.54) is 9.36 Å². The maximum Gasteiger partial charge on any atom is 0.236 e. The topological polar surface area (TPSA) is 160 Å². The lowest BCUT2D eigenvalue weighted by molar-refractivity contribution is -0.117. The summed E-state index contributed by atoms with van der Waals surface area (Å²) >= 11 is 0. The van der Waals surface area contributed by atoms with Crippen molar-refractivity contribution in [2.75, 3.05) is 51.9 Å². The van der Waals surface area contributed by atoms with Crippen molar-refractivity contribution in [2.24, 2.45) is 0 Å². The van der Waals surface area contributed by atoms with Crippen LogP contribution >= 0.6 is 0 Å². The normalized spacial score (nSPS) is 12.4. The molecular formula is C32H38N10O4. The molecule has 2 heterocycles. The number of benzene rings is 2. The number of nitrogens with zero attached hydrogens (tertiary/aromatic N) is 8. The van der Waals surface area contributed by atoms with Crippen molar-refractivity contribution in [3.05, 3.63) is 82.4 Å². The van der Waals surface area contributed by atoms with E-state index in [0.29, 0.717) is 24.2 Å². The molecule has 2 amide bonds. The van der Waals surface area contributed by atoms with Crippen LogP contribution < -0.4 is 10.6 Å². The number of hydrogen-bond donors (Lipinski definition) is 2. The molecule has 5 rings (SSSR count). The fourth-order valence-corrected chi connectivity index (χ4v) is 5.12. The molecule has 0 fully saturated rings. The quantitative estimate of drug-likeness (QED) is 0.187. The van der Waals surface area contributed by atoms with E-state index in [2.05, 4.69) is 31.3 Å². The minimum Gasteiger partial charge on any atom is -0.326 e. The van der Waals surface area contributed by atoms with Crippen LogP contribution in [0, 0.1) is 0 Å². The summed E-state index contributed by atoms with van der Waals surface area (Å²) < 4.78 is 2.78. The first-order valence-electron chi connectivity index (χ1n) is 15.1. The number of rotatable bonds is 14. The number of fused-ring (bicyclic) bond motifs is 2. The molecule has 2 aromatic carbocycles. The van der Waals surface area contributed by atoms with Crippen LogP contribution in [0.1, 0.15) is 69.2 Å². The predicted octanol–water partition coefficient (Wildman–Crippen LogP) is 2.30. The largest absolute Gasteiger partial charge is 0.326 e. The Morgan fingerprint density at radius 1 is 0.630 bits per heavy atom. The highest BCUT2D eigenvalue weighted by atomic mass is 16.2. The van der Waals surface area contributed by atoms with E-state index in [1.807, 2.05) is 62.3 Å². The first-order valence-corrected chi connectivity index (χ1v) is 15.1. The van der Waals surface area contributed by atoms with E-state index < -0.39 is 11.6 Å². The maximum atomic E-state index is 13.5. The van der Waals surface area contributed by atoms with E-state index in [1.54, 1.807) is 24.3 Å². The molecule has 0 unspecified atom stereocenters. The fourth-order valence-electron chi connectivity index (χ4n) is 5.12. The number of ketones is 2. The minimum absolute atomic E-state index is 0.0463. The number of anilines is 2. The summed E-state index contributed by atoms with van der Waals surface area (Å²) in [6, 6.07) is 14.4. The Labute approximate surface area is 266 Å². The van der Waals surface area contributed by atoms with Crippen LogP contribution in [-0.4, -0.2) is 104 Å². The molecule has 0 saturated carbocycles. The third-order valence-corrected chi connectivity index (χ3v) is 7.49. The lowest BCUT2D eigenvalue weighted by Gasteiger charge is -2.13. The summed E-state index contributed by atoms with van der Waals surface area (Å²) in [6.45, 7) is 2.06. The Bertz CT molecular complexity index is 1590. The van der Waals surface area contributed by atoms with E-state index in [-0.39, 0.29) is 47.7 Å². The molecule has 0 atom stereocenters. The van der Waals surface area contributed by atoms with E-state index in [9.17, 15) is 19.2 Å². The second kappa shape index (κ2) is 14.3. The van der Waals surface area contributed by atoms with Gasteiger partial charge in [0.25, 0.3) is 0 Å². The van der Waals surface area contributed by atoms with E-state index >= 15 is 0 Å². The highest BCUT2D eigenvalue weighted by Crippen LogP contribution is 2.26. The summed E-state index contributed by atoms with van der Waals surface area (Å²) in [6.07, 6.45) is 2.39. The average Bonchev–Trinajstić information content (AvgIpc) is 3.63. The Morgan fingerprint density at radius 3 is 1.35 bits per heavy atom. The van der Waals surface area contributed by atoms with Gasteiger partial charge in [0.2, 0.25) is 23.4 Å². The zero-order valence-electron chi connectivity index (χ0n) is 26.5. The van der Waals surface area contributed by atoms with Gasteiger partial charge in [-0.1, -0.05) is 34.7 Å². The van der Waals surface area contributed by atoms with Crippen molar-refractivity contribution in [3.63, 3.8) is 0 Å². The fraction of sp³-hybridized carbons (Fsp3) is 0.375. The van der Waals surface area contributed by atoms with Gasteiger partial charge in [0.05, 0.1) is 13.1 Å². The van der Waals surface area contributed by atoms with Crippen LogP contribution in [0.15, 0.2) is 48.5 Å². The molecule has 2 N–H and O–H groups in total. The van der Waals surface area contributed by atoms with Crippen molar-refractivity contribution < 1.29 is 19.2 Å². The van der Waals surface area contributed by atoms with Crippen LogP contribution in [0.5, 0.6) is 0 Å². The SMILES string of the molecule is CN(C)CCCC(=O)Nc1ccc(Cn2nnc3c2C(=O)c2nnn(Cc4ccc(NC(=O)CCCN(C)C)cc4)c2C3=O)cc1. The molecule has 0 bridgehead atoms. The van der Waals surface area contributed by atoms with Crippen LogP contribution in [-0.2, 0) is 22.7 Å². The van der Waals surface area contributed by atoms with Gasteiger partial charge in [-0.2, -0.15) is 0 Å². The third kappa shape index (κ3) is 7.76. The van der Waals surface area contributed by atoms with Crippen LogP contribution in [0.25, 0.3) is 0 Å². The second-order valence-electron chi connectivity index (χ2n) is 11.9. The molecule has 0 spiro atoms. The van der Waals surface area contributed by atoms with Gasteiger partial charge in [-0.15, -0.1) is 10.2 Å². The van der Waals surface area contributed by atoms with Crippen molar-refractivity contribution >= 4 is 34.8 Å². The van der Waals surface area contributed by atoms with Gasteiger partial charge in [-0.3, -0.25) is 19.2 Å². The summed E-state index contributed by atoms with van der Waals surface area (Å²) in [4.78, 5) is 55.5. The summed E-state index contributed by atoms with van der Waals surface area (Å²) in [5, 5.41) is 22.1. The lowest BCUT2D eigenvalue weighted by Crippen LogP contribution is -2.26. The molecule has 4 aromatic rings. The Hall–Kier alpha value is -5.08. The average molecular weight is 627 g/mol. The molecule has 240 valence electrons. The van der Waals surface area contributed by atoms with E-state index in [0.717, 1.165) is 37.1 Å². The van der Waals surface area contributed by atoms with Gasteiger partial charge < -0.3 is 20.4 Å². The van der Waals surface area contributed by atoms with Gasteiger partial charge in [0, 0.05) is 24.2 Å². The molecule has 0 radical (unpaired) electrons. The predicted molar refractivity (Wildman–Crippen MR) is 171 cm³/mol. The number of amides is 2. The van der Waals surface area contributed by atoms with Crippen molar-refractivity contribution in [1.29, 1.82) is 0 Å². The van der Waals surface area contributed by atoms with Gasteiger partial charge in [0.1, 0.15) is 11.4 Å². The summed E-state index contributed by atoms with van der Waals surface area (Å²) in [7, 11) is 7.87. The number of carbonyl (C=O) groups is 4. The zero-order chi connectivity index (χ0) is 32.8. The summed E-state index contributed by atoms with van der Waals surface area (Å²) in [5.41, 5.74) is 2.98. The first-order chi connectivity index (χ1) is 22.1. The number of hydrogen-bond acceptors (Lipinski definition) is 10. The molecule has 0 aliphatic heterocycles. The minimum atomic E-state index is -0.477. The molecule has 14 nitrogen and oxygen atoms in total. The Morgan fingerprint density at radius 2 is 1.00 bits per heavy atom. The highest BCUT2D eigenvalue weighted by molar-refractivity contribution is 6.25. The zero-order valence-corrected chi connectivity index (χ0v) is 26.5. The summed E-state index contributed by atoms with van der Waals surface area (Å²) in [5.74, 6) is -1.07. The standard InChI is InChI=1S/C32H38N10O4/c1-39(2)17-5-7-25(43)33-23-13-9-21(10-14-23)19-41-29-27(35-37-41)32(46)30-28(31(29)45)36-38-42(30)20-22-11-15-24(16-12-22)34-26(44)8-6-18-40(3)4/h9-16H,5-8,17-20H2,1-4H3,(H,33,43)(H,34,44). The molecule has 1 aliphatic carbocycles. The molecule has 2 aromatic heterocycles. The van der Waals surface area contributed by atoms with Gasteiger partial charge in [-0.05, 0) is 89.5 Å².